The zero-order chi connectivity index (χ0) is 20.3. The molecule has 30 heavy (non-hydrogen) atoms. The maximum absolute atomic E-state index is 5.29. The fourth-order valence-corrected chi connectivity index (χ4v) is 3.99. The number of hydrogen-bond acceptors (Lipinski definition) is 5. The number of hydrogen-bond donors (Lipinski definition) is 0. The van der Waals surface area contributed by atoms with E-state index < -0.39 is 0 Å². The summed E-state index contributed by atoms with van der Waals surface area (Å²) in [4.78, 5) is 14.7. The minimum absolute atomic E-state index is 0.747. The largest absolute Gasteiger partial charge is 0.497 e. The minimum Gasteiger partial charge on any atom is -0.497 e. The highest BCUT2D eigenvalue weighted by atomic mass is 16.5. The number of piperazine rings is 1. The van der Waals surface area contributed by atoms with Crippen LogP contribution in [-0.2, 0) is 0 Å². The Morgan fingerprint density at radius 1 is 0.700 bits per heavy atom. The van der Waals surface area contributed by atoms with Crippen molar-refractivity contribution in [3.05, 3.63) is 78.9 Å². The first-order chi connectivity index (χ1) is 14.8. The van der Waals surface area contributed by atoms with Crippen molar-refractivity contribution in [1.82, 2.24) is 9.97 Å². The molecule has 1 aromatic heterocycles. The Morgan fingerprint density at radius 2 is 1.37 bits per heavy atom. The van der Waals surface area contributed by atoms with Crippen molar-refractivity contribution >= 4 is 22.4 Å². The summed E-state index contributed by atoms with van der Waals surface area (Å²) < 4.78 is 5.29. The van der Waals surface area contributed by atoms with Crippen LogP contribution in [-0.4, -0.2) is 43.3 Å². The molecule has 0 atom stereocenters. The van der Waals surface area contributed by atoms with Gasteiger partial charge in [0.15, 0.2) is 5.82 Å². The van der Waals surface area contributed by atoms with Crippen molar-refractivity contribution in [2.75, 3.05) is 43.1 Å². The van der Waals surface area contributed by atoms with E-state index in [1.54, 1.807) is 7.11 Å². The van der Waals surface area contributed by atoms with Crippen LogP contribution in [0.3, 0.4) is 0 Å². The van der Waals surface area contributed by atoms with Gasteiger partial charge in [-0.1, -0.05) is 30.3 Å². The molecule has 0 saturated carbocycles. The molecule has 5 rings (SSSR count). The van der Waals surface area contributed by atoms with Crippen molar-refractivity contribution in [2.45, 2.75) is 0 Å². The molecule has 0 amide bonds. The lowest BCUT2D eigenvalue weighted by Crippen LogP contribution is -2.47. The SMILES string of the molecule is COc1ccc(-c2nc(N3CCN(c4ccccc4)CC3)c3ccccc3n2)cc1. The van der Waals surface area contributed by atoms with Gasteiger partial charge >= 0.3 is 0 Å². The van der Waals surface area contributed by atoms with Crippen molar-refractivity contribution in [1.29, 1.82) is 0 Å². The van der Waals surface area contributed by atoms with Crippen LogP contribution in [0.1, 0.15) is 0 Å². The third-order valence-electron chi connectivity index (χ3n) is 5.63. The second-order valence-electron chi connectivity index (χ2n) is 7.43. The molecule has 0 radical (unpaired) electrons. The normalized spacial score (nSPS) is 14.2. The van der Waals surface area contributed by atoms with Crippen LogP contribution in [0, 0.1) is 0 Å². The highest BCUT2D eigenvalue weighted by Crippen LogP contribution is 2.29. The van der Waals surface area contributed by atoms with Crippen LogP contribution in [0.4, 0.5) is 11.5 Å². The number of nitrogens with zero attached hydrogens (tertiary/aromatic N) is 4. The summed E-state index contributed by atoms with van der Waals surface area (Å²) in [5.74, 6) is 2.59. The Kier molecular flexibility index (Phi) is 4.93. The standard InChI is InChI=1S/C25H24N4O/c1-30-21-13-11-19(12-14-21)24-26-23-10-6-5-9-22(23)25(27-24)29-17-15-28(16-18-29)20-7-3-2-4-8-20/h2-14H,15-18H2,1H3. The number of anilines is 2. The van der Waals surface area contributed by atoms with Gasteiger partial charge in [0.25, 0.3) is 0 Å². The number of para-hydroxylation sites is 2. The quantitative estimate of drug-likeness (QED) is 0.503. The Balaban J connectivity index is 1.47. The van der Waals surface area contributed by atoms with Crippen LogP contribution in [0.25, 0.3) is 22.3 Å². The summed E-state index contributed by atoms with van der Waals surface area (Å²) in [7, 11) is 1.68. The Bertz CT molecular complexity index is 1140. The van der Waals surface area contributed by atoms with Crippen molar-refractivity contribution in [3.63, 3.8) is 0 Å². The van der Waals surface area contributed by atoms with E-state index >= 15 is 0 Å². The second-order valence-corrected chi connectivity index (χ2v) is 7.43. The van der Waals surface area contributed by atoms with Crippen LogP contribution in [0.2, 0.25) is 0 Å². The van der Waals surface area contributed by atoms with Crippen LogP contribution >= 0.6 is 0 Å². The molecule has 0 N–H and O–H groups in total. The Morgan fingerprint density at radius 3 is 2.10 bits per heavy atom. The topological polar surface area (TPSA) is 41.5 Å². The van der Waals surface area contributed by atoms with Crippen LogP contribution in [0.15, 0.2) is 78.9 Å². The molecule has 5 nitrogen and oxygen atoms in total. The zero-order valence-corrected chi connectivity index (χ0v) is 17.0. The van der Waals surface area contributed by atoms with Crippen molar-refractivity contribution < 1.29 is 4.74 Å². The van der Waals surface area contributed by atoms with E-state index in [9.17, 15) is 0 Å². The van der Waals surface area contributed by atoms with Gasteiger partial charge in [0, 0.05) is 42.8 Å². The predicted octanol–water partition coefficient (Wildman–Crippen LogP) is 4.63. The van der Waals surface area contributed by atoms with Gasteiger partial charge in [0.2, 0.25) is 0 Å². The van der Waals surface area contributed by atoms with E-state index in [0.717, 1.165) is 60.0 Å². The monoisotopic (exact) mass is 396 g/mol. The first-order valence-electron chi connectivity index (χ1n) is 10.3. The van der Waals surface area contributed by atoms with E-state index in [0.29, 0.717) is 0 Å². The number of ether oxygens (including phenoxy) is 1. The Hall–Kier alpha value is -3.60. The van der Waals surface area contributed by atoms with E-state index in [-0.39, 0.29) is 0 Å². The van der Waals surface area contributed by atoms with Crippen LogP contribution < -0.4 is 14.5 Å². The van der Waals surface area contributed by atoms with Gasteiger partial charge in [-0.25, -0.2) is 9.97 Å². The number of aromatic nitrogens is 2. The maximum Gasteiger partial charge on any atom is 0.162 e. The van der Waals surface area contributed by atoms with Gasteiger partial charge in [-0.3, -0.25) is 0 Å². The fourth-order valence-electron chi connectivity index (χ4n) is 3.99. The molecule has 1 saturated heterocycles. The summed E-state index contributed by atoms with van der Waals surface area (Å²) in [5, 5.41) is 1.10. The molecule has 0 aliphatic carbocycles. The molecule has 2 heterocycles. The van der Waals surface area contributed by atoms with Gasteiger partial charge in [-0.15, -0.1) is 0 Å². The molecule has 150 valence electrons. The average Bonchev–Trinajstić information content (AvgIpc) is 2.84. The summed E-state index contributed by atoms with van der Waals surface area (Å²) in [5.41, 5.74) is 3.24. The third-order valence-corrected chi connectivity index (χ3v) is 5.63. The lowest BCUT2D eigenvalue weighted by atomic mass is 10.1. The van der Waals surface area contributed by atoms with Gasteiger partial charge < -0.3 is 14.5 Å². The molecule has 1 fully saturated rings. The number of rotatable bonds is 4. The van der Waals surface area contributed by atoms with E-state index in [1.165, 1.54) is 5.69 Å². The lowest BCUT2D eigenvalue weighted by molar-refractivity contribution is 0.415. The summed E-state index contributed by atoms with van der Waals surface area (Å²) in [6, 6.07) is 26.8. The van der Waals surface area contributed by atoms with Gasteiger partial charge in [0.05, 0.1) is 12.6 Å². The first-order valence-corrected chi connectivity index (χ1v) is 10.3. The van der Waals surface area contributed by atoms with Crippen molar-refractivity contribution in [3.8, 4) is 17.1 Å². The minimum atomic E-state index is 0.747. The zero-order valence-electron chi connectivity index (χ0n) is 17.0. The van der Waals surface area contributed by atoms with Gasteiger partial charge in [-0.2, -0.15) is 0 Å². The fraction of sp³-hybridized carbons (Fsp3) is 0.200. The third kappa shape index (κ3) is 3.54. The predicted molar refractivity (Wildman–Crippen MR) is 122 cm³/mol. The number of methoxy groups -OCH3 is 1. The molecule has 5 heteroatoms. The number of fused-ring (bicyclic) bond motifs is 1. The lowest BCUT2D eigenvalue weighted by Gasteiger charge is -2.37. The van der Waals surface area contributed by atoms with Gasteiger partial charge in [-0.05, 0) is 48.5 Å². The highest BCUT2D eigenvalue weighted by molar-refractivity contribution is 5.91. The van der Waals surface area contributed by atoms with Crippen molar-refractivity contribution in [2.24, 2.45) is 0 Å². The molecular weight excluding hydrogens is 372 g/mol. The molecular formula is C25H24N4O. The molecule has 0 unspecified atom stereocenters. The van der Waals surface area contributed by atoms with E-state index in [2.05, 4.69) is 58.3 Å². The molecule has 0 spiro atoms. The Labute approximate surface area is 176 Å². The van der Waals surface area contributed by atoms with Crippen LogP contribution in [0.5, 0.6) is 5.75 Å². The molecule has 3 aromatic carbocycles. The van der Waals surface area contributed by atoms with Gasteiger partial charge in [0.1, 0.15) is 11.6 Å². The second kappa shape index (κ2) is 8.03. The highest BCUT2D eigenvalue weighted by Gasteiger charge is 2.21. The summed E-state index contributed by atoms with van der Waals surface area (Å²) in [6.07, 6.45) is 0. The first kappa shape index (κ1) is 18.4. The van der Waals surface area contributed by atoms with E-state index in [4.69, 9.17) is 14.7 Å². The number of benzene rings is 3. The smallest absolute Gasteiger partial charge is 0.162 e. The molecule has 0 bridgehead atoms. The molecule has 1 aliphatic rings. The molecule has 1 aliphatic heterocycles. The average molecular weight is 396 g/mol. The summed E-state index contributed by atoms with van der Waals surface area (Å²) >= 11 is 0. The summed E-state index contributed by atoms with van der Waals surface area (Å²) in [6.45, 7) is 3.80. The molecule has 4 aromatic rings. The van der Waals surface area contributed by atoms with E-state index in [1.807, 2.05) is 30.3 Å². The maximum atomic E-state index is 5.29.